The number of nitrogens with zero attached hydrogens (tertiary/aromatic N) is 2. The molecule has 1 aromatic rings. The van der Waals surface area contributed by atoms with Crippen molar-refractivity contribution in [2.75, 3.05) is 39.8 Å². The van der Waals surface area contributed by atoms with E-state index in [1.807, 2.05) is 18.2 Å². The van der Waals surface area contributed by atoms with Gasteiger partial charge < -0.3 is 20.2 Å². The number of unbranched alkanes of at least 4 members (excludes halogenated alkanes) is 1. The van der Waals surface area contributed by atoms with Crippen LogP contribution in [-0.2, 0) is 6.42 Å². The van der Waals surface area contributed by atoms with E-state index in [1.54, 1.807) is 4.90 Å². The van der Waals surface area contributed by atoms with Gasteiger partial charge in [-0.05, 0) is 37.6 Å². The highest BCUT2D eigenvalue weighted by Gasteiger charge is 2.29. The number of carbonyl (C=O) groups is 1. The maximum Gasteiger partial charge on any atom is 0.318 e. The van der Waals surface area contributed by atoms with Gasteiger partial charge in [0.2, 0.25) is 0 Å². The molecule has 5 heteroatoms. The van der Waals surface area contributed by atoms with Crippen LogP contribution in [-0.4, -0.2) is 60.8 Å². The van der Waals surface area contributed by atoms with Crippen LogP contribution in [0.3, 0.4) is 0 Å². The molecule has 0 bridgehead atoms. The summed E-state index contributed by atoms with van der Waals surface area (Å²) in [7, 11) is 2.08. The molecule has 0 saturated carbocycles. The maximum atomic E-state index is 12.5. The average molecular weight is 319 g/mol. The van der Waals surface area contributed by atoms with E-state index in [0.29, 0.717) is 13.1 Å². The summed E-state index contributed by atoms with van der Waals surface area (Å²) in [5, 5.41) is 12.7. The van der Waals surface area contributed by atoms with Gasteiger partial charge in [-0.1, -0.05) is 37.6 Å². The van der Waals surface area contributed by atoms with E-state index < -0.39 is 0 Å². The highest BCUT2D eigenvalue weighted by molar-refractivity contribution is 5.75. The highest BCUT2D eigenvalue weighted by atomic mass is 16.3. The molecule has 0 aliphatic carbocycles. The zero-order valence-corrected chi connectivity index (χ0v) is 14.3. The first-order chi connectivity index (χ1) is 11.2. The fourth-order valence-corrected chi connectivity index (χ4v) is 3.09. The first kappa shape index (κ1) is 17.8. The van der Waals surface area contributed by atoms with Crippen molar-refractivity contribution in [3.05, 3.63) is 35.4 Å². The van der Waals surface area contributed by atoms with Crippen LogP contribution < -0.4 is 5.32 Å². The van der Waals surface area contributed by atoms with Crippen LogP contribution in [0.2, 0.25) is 0 Å². The molecule has 0 radical (unpaired) electrons. The molecule has 23 heavy (non-hydrogen) atoms. The van der Waals surface area contributed by atoms with Gasteiger partial charge in [0.25, 0.3) is 0 Å². The molecule has 0 spiro atoms. The lowest BCUT2D eigenvalue weighted by atomic mass is 9.93. The molecule has 0 fully saturated rings. The number of amides is 2. The second-order valence-corrected chi connectivity index (χ2v) is 6.23. The molecule has 128 valence electrons. The number of nitrogens with one attached hydrogen (secondary N) is 1. The number of fused-ring (bicyclic) bond motifs is 1. The smallest absolute Gasteiger partial charge is 0.318 e. The fraction of sp³-hybridized carbons (Fsp3) is 0.611. The minimum atomic E-state index is -0.238. The first-order valence-electron chi connectivity index (χ1n) is 8.59. The van der Waals surface area contributed by atoms with E-state index >= 15 is 0 Å². The Morgan fingerprint density at radius 1 is 1.39 bits per heavy atom. The second-order valence-electron chi connectivity index (χ2n) is 6.23. The third kappa shape index (κ3) is 4.69. The lowest BCUT2D eigenvalue weighted by Crippen LogP contribution is -2.48. The van der Waals surface area contributed by atoms with E-state index in [2.05, 4.69) is 30.3 Å². The second kappa shape index (κ2) is 8.89. The lowest BCUT2D eigenvalue weighted by molar-refractivity contribution is 0.126. The molecule has 0 aromatic heterocycles. The molecule has 1 aliphatic heterocycles. The van der Waals surface area contributed by atoms with E-state index in [1.165, 1.54) is 18.4 Å². The van der Waals surface area contributed by atoms with E-state index in [4.69, 9.17) is 0 Å². The molecule has 2 rings (SSSR count). The zero-order chi connectivity index (χ0) is 16.7. The molecular formula is C18H29N3O2. The van der Waals surface area contributed by atoms with Gasteiger partial charge in [-0.2, -0.15) is 0 Å². The SMILES string of the molecule is CCCCN(C)CCNC(=O)N1CCc2ccccc2C1CO. The molecule has 1 unspecified atom stereocenters. The summed E-state index contributed by atoms with van der Waals surface area (Å²) in [6, 6.07) is 7.74. The molecule has 0 saturated heterocycles. The number of hydrogen-bond acceptors (Lipinski definition) is 3. The summed E-state index contributed by atoms with van der Waals surface area (Å²) < 4.78 is 0. The number of aliphatic hydroxyl groups is 1. The predicted octanol–water partition coefficient (Wildman–Crippen LogP) is 2.02. The lowest BCUT2D eigenvalue weighted by Gasteiger charge is -2.36. The number of carbonyl (C=O) groups excluding carboxylic acids is 1. The Balaban J connectivity index is 1.87. The van der Waals surface area contributed by atoms with Crippen LogP contribution in [0, 0.1) is 0 Å². The van der Waals surface area contributed by atoms with Crippen molar-refractivity contribution in [2.24, 2.45) is 0 Å². The molecule has 1 aliphatic rings. The van der Waals surface area contributed by atoms with E-state index in [0.717, 1.165) is 25.1 Å². The van der Waals surface area contributed by atoms with E-state index in [9.17, 15) is 9.90 Å². The van der Waals surface area contributed by atoms with E-state index in [-0.39, 0.29) is 18.7 Å². The number of aliphatic hydroxyl groups excluding tert-OH is 1. The van der Waals surface area contributed by atoms with Crippen LogP contribution in [0.25, 0.3) is 0 Å². The Hall–Kier alpha value is -1.59. The van der Waals surface area contributed by atoms with Gasteiger partial charge in [-0.25, -0.2) is 4.79 Å². The summed E-state index contributed by atoms with van der Waals surface area (Å²) in [6.45, 7) is 5.33. The van der Waals surface area contributed by atoms with Crippen LogP contribution in [0.15, 0.2) is 24.3 Å². The number of urea groups is 1. The monoisotopic (exact) mass is 319 g/mol. The third-order valence-corrected chi connectivity index (χ3v) is 4.51. The van der Waals surface area contributed by atoms with Crippen molar-refractivity contribution in [1.29, 1.82) is 0 Å². The topological polar surface area (TPSA) is 55.8 Å². The standard InChI is InChI=1S/C18H29N3O2/c1-3-4-11-20(2)13-10-19-18(23)21-12-9-15-7-5-6-8-16(15)17(21)14-22/h5-8,17,22H,3-4,9-14H2,1-2H3,(H,19,23). The number of rotatable bonds is 7. The van der Waals surface area contributed by atoms with Gasteiger partial charge in [0.15, 0.2) is 0 Å². The summed E-state index contributed by atoms with van der Waals surface area (Å²) in [4.78, 5) is 16.5. The number of benzene rings is 1. The number of likely N-dealkylation sites (N-methyl/N-ethyl adjacent to an activating group) is 1. The molecule has 2 N–H and O–H groups in total. The summed E-state index contributed by atoms with van der Waals surface area (Å²) >= 11 is 0. The Bertz CT molecular complexity index is 507. The first-order valence-corrected chi connectivity index (χ1v) is 8.59. The van der Waals surface area contributed by atoms with Crippen molar-refractivity contribution in [3.8, 4) is 0 Å². The Labute approximate surface area is 139 Å². The molecule has 1 atom stereocenters. The van der Waals surface area contributed by atoms with Crippen molar-refractivity contribution in [3.63, 3.8) is 0 Å². The summed E-state index contributed by atoms with van der Waals surface area (Å²) in [5.41, 5.74) is 2.30. The van der Waals surface area contributed by atoms with Gasteiger partial charge in [0.1, 0.15) is 0 Å². The van der Waals surface area contributed by atoms with Gasteiger partial charge >= 0.3 is 6.03 Å². The van der Waals surface area contributed by atoms with Gasteiger partial charge in [0.05, 0.1) is 12.6 Å². The highest BCUT2D eigenvalue weighted by Crippen LogP contribution is 2.29. The Morgan fingerprint density at radius 3 is 2.91 bits per heavy atom. The molecular weight excluding hydrogens is 290 g/mol. The predicted molar refractivity (Wildman–Crippen MR) is 92.5 cm³/mol. The van der Waals surface area contributed by atoms with Crippen LogP contribution in [0.1, 0.15) is 36.9 Å². The quantitative estimate of drug-likeness (QED) is 0.808. The van der Waals surface area contributed by atoms with Gasteiger partial charge in [-0.3, -0.25) is 0 Å². The third-order valence-electron chi connectivity index (χ3n) is 4.51. The van der Waals surface area contributed by atoms with Crippen LogP contribution in [0.4, 0.5) is 4.79 Å². The molecule has 1 aromatic carbocycles. The fourth-order valence-electron chi connectivity index (χ4n) is 3.09. The zero-order valence-electron chi connectivity index (χ0n) is 14.3. The minimum absolute atomic E-state index is 0.0408. The normalized spacial score (nSPS) is 17.2. The van der Waals surface area contributed by atoms with Crippen molar-refractivity contribution in [2.45, 2.75) is 32.2 Å². The summed E-state index contributed by atoms with van der Waals surface area (Å²) in [5.74, 6) is 0. The minimum Gasteiger partial charge on any atom is -0.394 e. The molecule has 1 heterocycles. The van der Waals surface area contributed by atoms with Gasteiger partial charge in [0, 0.05) is 19.6 Å². The molecule has 5 nitrogen and oxygen atoms in total. The van der Waals surface area contributed by atoms with Crippen LogP contribution >= 0.6 is 0 Å². The largest absolute Gasteiger partial charge is 0.394 e. The van der Waals surface area contributed by atoms with Crippen LogP contribution in [0.5, 0.6) is 0 Å². The van der Waals surface area contributed by atoms with Crippen molar-refractivity contribution < 1.29 is 9.90 Å². The Kier molecular flexibility index (Phi) is 6.86. The van der Waals surface area contributed by atoms with Crippen molar-refractivity contribution >= 4 is 6.03 Å². The summed E-state index contributed by atoms with van der Waals surface area (Å²) in [6.07, 6.45) is 3.21. The van der Waals surface area contributed by atoms with Gasteiger partial charge in [-0.15, -0.1) is 0 Å². The molecule has 2 amide bonds. The number of hydrogen-bond donors (Lipinski definition) is 2. The maximum absolute atomic E-state index is 12.5. The Morgan fingerprint density at radius 2 is 2.17 bits per heavy atom. The average Bonchev–Trinajstić information content (AvgIpc) is 2.58. The van der Waals surface area contributed by atoms with Crippen molar-refractivity contribution in [1.82, 2.24) is 15.1 Å².